The standard InChI is InChI=1S/C14H20N2O4S/c1-4-6-11(17)16-13-9(7-8(3)21-13)12(18)15-10(5-2)14(19)20/h7,10H,4-6H2,1-3H3,(H,15,18)(H,16,17)(H,19,20). The van der Waals surface area contributed by atoms with E-state index in [-0.39, 0.29) is 5.91 Å². The van der Waals surface area contributed by atoms with E-state index in [1.807, 2.05) is 13.8 Å². The van der Waals surface area contributed by atoms with E-state index >= 15 is 0 Å². The highest BCUT2D eigenvalue weighted by atomic mass is 32.1. The average molecular weight is 312 g/mol. The highest BCUT2D eigenvalue weighted by molar-refractivity contribution is 7.16. The summed E-state index contributed by atoms with van der Waals surface area (Å²) in [7, 11) is 0. The number of aliphatic carboxylic acids is 1. The zero-order chi connectivity index (χ0) is 16.0. The number of amides is 2. The molecule has 0 fully saturated rings. The lowest BCUT2D eigenvalue weighted by molar-refractivity contribution is -0.139. The maximum atomic E-state index is 12.2. The van der Waals surface area contributed by atoms with Crippen LogP contribution in [0.25, 0.3) is 0 Å². The molecule has 1 rings (SSSR count). The van der Waals surface area contributed by atoms with Crippen LogP contribution in [0.2, 0.25) is 0 Å². The molecule has 6 nitrogen and oxygen atoms in total. The Bertz CT molecular complexity index is 539. The van der Waals surface area contributed by atoms with Crippen LogP contribution in [-0.2, 0) is 9.59 Å². The van der Waals surface area contributed by atoms with Crippen LogP contribution >= 0.6 is 11.3 Å². The van der Waals surface area contributed by atoms with Crippen LogP contribution in [0.1, 0.15) is 48.3 Å². The van der Waals surface area contributed by atoms with Gasteiger partial charge in [-0.3, -0.25) is 9.59 Å². The Kier molecular flexibility index (Phi) is 6.36. The Labute approximate surface area is 127 Å². The Morgan fingerprint density at radius 3 is 2.52 bits per heavy atom. The number of carbonyl (C=O) groups excluding carboxylic acids is 2. The molecule has 1 unspecified atom stereocenters. The Morgan fingerprint density at radius 2 is 2.00 bits per heavy atom. The molecule has 0 bridgehead atoms. The van der Waals surface area contributed by atoms with Gasteiger partial charge in [-0.1, -0.05) is 13.8 Å². The number of hydrogen-bond acceptors (Lipinski definition) is 4. The van der Waals surface area contributed by atoms with Gasteiger partial charge in [0.05, 0.1) is 5.56 Å². The molecular formula is C14H20N2O4S. The van der Waals surface area contributed by atoms with E-state index in [1.165, 1.54) is 11.3 Å². The number of rotatable bonds is 7. The van der Waals surface area contributed by atoms with Crippen molar-refractivity contribution in [3.8, 4) is 0 Å². The monoisotopic (exact) mass is 312 g/mol. The summed E-state index contributed by atoms with van der Waals surface area (Å²) >= 11 is 1.30. The molecule has 21 heavy (non-hydrogen) atoms. The van der Waals surface area contributed by atoms with Crippen LogP contribution in [0.3, 0.4) is 0 Å². The third-order valence-electron chi connectivity index (χ3n) is 2.84. The largest absolute Gasteiger partial charge is 0.480 e. The van der Waals surface area contributed by atoms with Gasteiger partial charge in [0, 0.05) is 11.3 Å². The van der Waals surface area contributed by atoms with Gasteiger partial charge in [0.25, 0.3) is 5.91 Å². The summed E-state index contributed by atoms with van der Waals surface area (Å²) < 4.78 is 0. The van der Waals surface area contributed by atoms with Crippen LogP contribution in [0.15, 0.2) is 6.07 Å². The van der Waals surface area contributed by atoms with Gasteiger partial charge in [-0.15, -0.1) is 11.3 Å². The van der Waals surface area contributed by atoms with Crippen molar-refractivity contribution in [3.05, 3.63) is 16.5 Å². The fourth-order valence-electron chi connectivity index (χ4n) is 1.77. The molecule has 1 aromatic heterocycles. The topological polar surface area (TPSA) is 95.5 Å². The fourth-order valence-corrected chi connectivity index (χ4v) is 2.69. The second-order valence-corrected chi connectivity index (χ2v) is 5.93. The van der Waals surface area contributed by atoms with Gasteiger partial charge in [-0.2, -0.15) is 0 Å². The third-order valence-corrected chi connectivity index (χ3v) is 3.81. The van der Waals surface area contributed by atoms with Gasteiger partial charge < -0.3 is 15.7 Å². The summed E-state index contributed by atoms with van der Waals surface area (Å²) in [5.41, 5.74) is 0.307. The van der Waals surface area contributed by atoms with E-state index < -0.39 is 17.9 Å². The normalized spacial score (nSPS) is 11.8. The molecule has 0 aliphatic carbocycles. The predicted molar refractivity (Wildman–Crippen MR) is 81.8 cm³/mol. The molecule has 0 aliphatic heterocycles. The van der Waals surface area contributed by atoms with Crippen molar-refractivity contribution in [2.75, 3.05) is 5.32 Å². The van der Waals surface area contributed by atoms with E-state index in [1.54, 1.807) is 13.0 Å². The molecule has 0 aliphatic rings. The minimum atomic E-state index is -1.07. The van der Waals surface area contributed by atoms with Crippen LogP contribution in [-0.4, -0.2) is 28.9 Å². The molecule has 2 amide bonds. The summed E-state index contributed by atoms with van der Waals surface area (Å²) in [5.74, 6) is -1.71. The highest BCUT2D eigenvalue weighted by Crippen LogP contribution is 2.28. The molecule has 0 saturated carbocycles. The Morgan fingerprint density at radius 1 is 1.33 bits per heavy atom. The van der Waals surface area contributed by atoms with Gasteiger partial charge in [-0.05, 0) is 25.8 Å². The van der Waals surface area contributed by atoms with E-state index in [0.29, 0.717) is 29.8 Å². The maximum Gasteiger partial charge on any atom is 0.326 e. The first-order valence-corrected chi connectivity index (χ1v) is 7.64. The van der Waals surface area contributed by atoms with Gasteiger partial charge >= 0.3 is 5.97 Å². The van der Waals surface area contributed by atoms with Gasteiger partial charge in [0.1, 0.15) is 11.0 Å². The number of carboxylic acid groups (broad SMARTS) is 1. The molecule has 1 aromatic rings. The lowest BCUT2D eigenvalue weighted by Gasteiger charge is -2.12. The van der Waals surface area contributed by atoms with Crippen molar-refractivity contribution in [1.29, 1.82) is 0 Å². The van der Waals surface area contributed by atoms with Crippen LogP contribution < -0.4 is 10.6 Å². The fraction of sp³-hybridized carbons (Fsp3) is 0.500. The second-order valence-electron chi connectivity index (χ2n) is 4.67. The minimum absolute atomic E-state index is 0.154. The number of carbonyl (C=O) groups is 3. The number of aryl methyl sites for hydroxylation is 1. The predicted octanol–water partition coefficient (Wildman–Crippen LogP) is 2.39. The highest BCUT2D eigenvalue weighted by Gasteiger charge is 2.22. The molecule has 1 heterocycles. The maximum absolute atomic E-state index is 12.2. The van der Waals surface area contributed by atoms with E-state index in [2.05, 4.69) is 10.6 Å². The molecule has 0 spiro atoms. The first kappa shape index (κ1) is 17.2. The molecule has 7 heteroatoms. The van der Waals surface area contributed by atoms with E-state index in [9.17, 15) is 14.4 Å². The summed E-state index contributed by atoms with van der Waals surface area (Å²) in [5, 5.41) is 14.6. The molecule has 116 valence electrons. The number of carboxylic acids is 1. The SMILES string of the molecule is CCCC(=O)Nc1sc(C)cc1C(=O)NC(CC)C(=O)O. The summed E-state index contributed by atoms with van der Waals surface area (Å²) in [6.07, 6.45) is 1.39. The number of anilines is 1. The van der Waals surface area contributed by atoms with Crippen molar-refractivity contribution in [3.63, 3.8) is 0 Å². The van der Waals surface area contributed by atoms with Crippen LogP contribution in [0.5, 0.6) is 0 Å². The molecule has 0 radical (unpaired) electrons. The molecular weight excluding hydrogens is 292 g/mol. The summed E-state index contributed by atoms with van der Waals surface area (Å²) in [6.45, 7) is 5.40. The van der Waals surface area contributed by atoms with Crippen molar-refractivity contribution in [2.45, 2.75) is 46.1 Å². The van der Waals surface area contributed by atoms with Crippen LogP contribution in [0, 0.1) is 6.92 Å². The first-order valence-electron chi connectivity index (χ1n) is 6.82. The third kappa shape index (κ3) is 4.86. The first-order chi connectivity index (χ1) is 9.88. The quantitative estimate of drug-likeness (QED) is 0.720. The van der Waals surface area contributed by atoms with Crippen LogP contribution in [0.4, 0.5) is 5.00 Å². The average Bonchev–Trinajstić information content (AvgIpc) is 2.76. The molecule has 0 saturated heterocycles. The van der Waals surface area contributed by atoms with E-state index in [4.69, 9.17) is 5.11 Å². The number of nitrogens with one attached hydrogen (secondary N) is 2. The second kappa shape index (κ2) is 7.78. The van der Waals surface area contributed by atoms with E-state index in [0.717, 1.165) is 4.88 Å². The lowest BCUT2D eigenvalue weighted by Crippen LogP contribution is -2.40. The minimum Gasteiger partial charge on any atom is -0.480 e. The molecule has 1 atom stereocenters. The molecule has 0 aromatic carbocycles. The lowest BCUT2D eigenvalue weighted by atomic mass is 10.2. The Balaban J connectivity index is 2.89. The zero-order valence-electron chi connectivity index (χ0n) is 12.4. The number of thiophene rings is 1. The Hall–Kier alpha value is -1.89. The smallest absolute Gasteiger partial charge is 0.326 e. The molecule has 3 N–H and O–H groups in total. The zero-order valence-corrected chi connectivity index (χ0v) is 13.2. The van der Waals surface area contributed by atoms with Gasteiger partial charge in [0.2, 0.25) is 5.91 Å². The van der Waals surface area contributed by atoms with Crippen molar-refractivity contribution in [1.82, 2.24) is 5.32 Å². The summed E-state index contributed by atoms with van der Waals surface area (Å²) in [6, 6.07) is 0.716. The van der Waals surface area contributed by atoms with Gasteiger partial charge in [-0.25, -0.2) is 4.79 Å². The van der Waals surface area contributed by atoms with Crippen molar-refractivity contribution in [2.24, 2.45) is 0 Å². The summed E-state index contributed by atoms with van der Waals surface area (Å²) in [4.78, 5) is 35.7. The van der Waals surface area contributed by atoms with Gasteiger partial charge in [0.15, 0.2) is 0 Å². The van der Waals surface area contributed by atoms with Crippen molar-refractivity contribution < 1.29 is 19.5 Å². The van der Waals surface area contributed by atoms with Crippen molar-refractivity contribution >= 4 is 34.1 Å². The number of hydrogen-bond donors (Lipinski definition) is 3.